The van der Waals surface area contributed by atoms with Gasteiger partial charge in [-0.25, -0.2) is 4.39 Å². The van der Waals surface area contributed by atoms with Crippen molar-refractivity contribution in [2.24, 2.45) is 5.92 Å². The Morgan fingerprint density at radius 1 is 1.16 bits per heavy atom. The Bertz CT molecular complexity index is 1050. The number of halogens is 5. The normalized spacial score (nSPS) is 19.4. The summed E-state index contributed by atoms with van der Waals surface area (Å²) in [4.78, 5) is 14.3. The smallest absolute Gasteiger partial charge is 0.422 e. The van der Waals surface area contributed by atoms with E-state index in [-0.39, 0.29) is 41.8 Å². The molecule has 1 aliphatic carbocycles. The second-order valence-electron chi connectivity index (χ2n) is 10.0. The average molecular weight is 546 g/mol. The predicted molar refractivity (Wildman–Crippen MR) is 138 cm³/mol. The minimum absolute atomic E-state index is 0. The summed E-state index contributed by atoms with van der Waals surface area (Å²) in [7, 11) is 1.94. The first kappa shape index (κ1) is 30.9. The minimum Gasteiger partial charge on any atom is -0.484 e. The lowest BCUT2D eigenvalue weighted by atomic mass is 9.65. The number of benzene rings is 2. The average Bonchev–Trinajstić information content (AvgIpc) is 2.79. The molecule has 9 heteroatoms. The number of aryl methyl sites for hydroxylation is 1. The van der Waals surface area contributed by atoms with E-state index in [1.807, 2.05) is 13.1 Å². The first-order chi connectivity index (χ1) is 16.9. The van der Waals surface area contributed by atoms with E-state index in [4.69, 9.17) is 9.47 Å². The van der Waals surface area contributed by atoms with Crippen LogP contribution in [0.15, 0.2) is 42.5 Å². The summed E-state index contributed by atoms with van der Waals surface area (Å²) in [6, 6.07) is 11.6. The van der Waals surface area contributed by atoms with E-state index in [2.05, 4.69) is 18.7 Å². The van der Waals surface area contributed by atoms with Gasteiger partial charge in [0.2, 0.25) is 0 Å². The highest BCUT2D eigenvalue weighted by molar-refractivity contribution is 5.85. The molecule has 37 heavy (non-hydrogen) atoms. The number of esters is 1. The van der Waals surface area contributed by atoms with Crippen molar-refractivity contribution in [3.63, 3.8) is 0 Å². The number of hydrogen-bond acceptors (Lipinski definition) is 4. The maximum Gasteiger partial charge on any atom is 0.422 e. The zero-order valence-electron chi connectivity index (χ0n) is 21.7. The molecule has 0 unspecified atom stereocenters. The molecule has 3 rings (SSSR count). The molecule has 0 saturated heterocycles. The van der Waals surface area contributed by atoms with E-state index in [0.29, 0.717) is 44.3 Å². The van der Waals surface area contributed by atoms with Gasteiger partial charge in [-0.3, -0.25) is 4.79 Å². The van der Waals surface area contributed by atoms with Crippen LogP contribution in [0.2, 0.25) is 0 Å². The van der Waals surface area contributed by atoms with Crippen molar-refractivity contribution in [3.8, 4) is 5.75 Å². The van der Waals surface area contributed by atoms with Crippen molar-refractivity contribution in [1.29, 1.82) is 0 Å². The van der Waals surface area contributed by atoms with Crippen LogP contribution in [0.3, 0.4) is 0 Å². The van der Waals surface area contributed by atoms with E-state index in [1.54, 1.807) is 30.3 Å². The number of carbonyl (C=O) groups excluding carboxylic acids is 1. The largest absolute Gasteiger partial charge is 0.484 e. The van der Waals surface area contributed by atoms with Gasteiger partial charge in [0.1, 0.15) is 17.2 Å². The minimum atomic E-state index is -4.40. The molecule has 206 valence electrons. The summed E-state index contributed by atoms with van der Waals surface area (Å²) >= 11 is 0. The quantitative estimate of drug-likeness (QED) is 0.245. The van der Waals surface area contributed by atoms with E-state index in [1.165, 1.54) is 13.0 Å². The zero-order valence-corrected chi connectivity index (χ0v) is 22.6. The fourth-order valence-corrected chi connectivity index (χ4v) is 5.39. The SMILES string of the molecule is CC(=O)O[C@]1(CCN(C)CCc2ccccc2OCC(F)(F)F)CCc2cc(F)ccc2[C@@H]1C(C)C.Cl. The predicted octanol–water partition coefficient (Wildman–Crippen LogP) is 6.74. The Kier molecular flexibility index (Phi) is 10.8. The molecule has 0 aromatic heterocycles. The molecule has 2 atom stereocenters. The van der Waals surface area contributed by atoms with E-state index in [0.717, 1.165) is 11.1 Å². The fraction of sp³-hybridized carbons (Fsp3) is 0.536. The molecule has 0 N–H and O–H groups in total. The number of hydrogen-bond donors (Lipinski definition) is 0. The van der Waals surface area contributed by atoms with Crippen LogP contribution in [0.1, 0.15) is 56.2 Å². The first-order valence-electron chi connectivity index (χ1n) is 12.3. The summed E-state index contributed by atoms with van der Waals surface area (Å²) in [5.41, 5.74) is 1.97. The Morgan fingerprint density at radius 3 is 2.51 bits per heavy atom. The molecule has 0 radical (unpaired) electrons. The molecular formula is C28H36ClF4NO3. The van der Waals surface area contributed by atoms with Crippen LogP contribution in [-0.4, -0.2) is 49.4 Å². The van der Waals surface area contributed by atoms with E-state index < -0.39 is 18.4 Å². The van der Waals surface area contributed by atoms with Crippen molar-refractivity contribution < 1.29 is 31.8 Å². The highest BCUT2D eigenvalue weighted by Gasteiger charge is 2.47. The summed E-state index contributed by atoms with van der Waals surface area (Å²) < 4.78 is 62.7. The maximum atomic E-state index is 13.9. The Labute approximate surface area is 222 Å². The summed E-state index contributed by atoms with van der Waals surface area (Å²) in [5, 5.41) is 0. The standard InChI is InChI=1S/C28H35F4NO3.ClH/c1-19(2)26-24-10-9-23(29)17-22(24)11-13-27(26,36-20(3)34)14-16-33(4)15-12-21-7-5-6-8-25(21)35-18-28(30,31)32;/h5-10,17,19,26H,11-16,18H2,1-4H3;1H/t26-,27-;/m0./s1. The van der Waals surface area contributed by atoms with Gasteiger partial charge >= 0.3 is 12.1 Å². The van der Waals surface area contributed by atoms with Crippen molar-refractivity contribution in [2.75, 3.05) is 26.7 Å². The van der Waals surface area contributed by atoms with Gasteiger partial charge in [-0.1, -0.05) is 38.1 Å². The number of likely N-dealkylation sites (N-methyl/N-ethyl adjacent to an activating group) is 1. The summed E-state index contributed by atoms with van der Waals surface area (Å²) in [6.07, 6.45) is -2.06. The lowest BCUT2D eigenvalue weighted by Gasteiger charge is -2.47. The van der Waals surface area contributed by atoms with Gasteiger partial charge in [0.05, 0.1) is 0 Å². The van der Waals surface area contributed by atoms with Crippen LogP contribution in [0, 0.1) is 11.7 Å². The van der Waals surface area contributed by atoms with Crippen molar-refractivity contribution in [3.05, 3.63) is 65.0 Å². The number of nitrogens with zero attached hydrogens (tertiary/aromatic N) is 1. The number of ether oxygens (including phenoxy) is 2. The lowest BCUT2D eigenvalue weighted by Crippen LogP contribution is -2.48. The third-order valence-electron chi connectivity index (χ3n) is 6.88. The van der Waals surface area contributed by atoms with Crippen molar-refractivity contribution >= 4 is 18.4 Å². The molecule has 0 bridgehead atoms. The van der Waals surface area contributed by atoms with Crippen molar-refractivity contribution in [1.82, 2.24) is 4.90 Å². The molecule has 0 amide bonds. The van der Waals surface area contributed by atoms with E-state index >= 15 is 0 Å². The molecule has 4 nitrogen and oxygen atoms in total. The van der Waals surface area contributed by atoms with Gasteiger partial charge in [-0.2, -0.15) is 13.2 Å². The molecule has 1 aliphatic rings. The highest BCUT2D eigenvalue weighted by Crippen LogP contribution is 2.48. The molecule has 2 aromatic rings. The molecule has 0 aliphatic heterocycles. The summed E-state index contributed by atoms with van der Waals surface area (Å²) in [5.74, 6) is -0.289. The van der Waals surface area contributed by atoms with Gasteiger partial charge in [0, 0.05) is 32.4 Å². The van der Waals surface area contributed by atoms with Crippen molar-refractivity contribution in [2.45, 2.75) is 64.1 Å². The van der Waals surface area contributed by atoms with Crippen LogP contribution in [0.5, 0.6) is 5.75 Å². The van der Waals surface area contributed by atoms with Gasteiger partial charge in [0.15, 0.2) is 6.61 Å². The van der Waals surface area contributed by atoms with E-state index in [9.17, 15) is 22.4 Å². The molecule has 0 saturated carbocycles. The highest BCUT2D eigenvalue weighted by atomic mass is 35.5. The van der Waals surface area contributed by atoms with Crippen LogP contribution < -0.4 is 4.74 Å². The fourth-order valence-electron chi connectivity index (χ4n) is 5.39. The number of para-hydroxylation sites is 1. The van der Waals surface area contributed by atoms with Crippen LogP contribution in [0.4, 0.5) is 17.6 Å². The number of alkyl halides is 3. The monoisotopic (exact) mass is 545 g/mol. The summed E-state index contributed by atoms with van der Waals surface area (Å²) in [6.45, 7) is 5.48. The topological polar surface area (TPSA) is 38.8 Å². The Balaban J connectivity index is 0.00000481. The third kappa shape index (κ3) is 8.34. The third-order valence-corrected chi connectivity index (χ3v) is 6.88. The number of fused-ring (bicyclic) bond motifs is 1. The number of carbonyl (C=O) groups is 1. The lowest BCUT2D eigenvalue weighted by molar-refractivity contribution is -0.165. The molecule has 0 spiro atoms. The molecular weight excluding hydrogens is 510 g/mol. The number of rotatable bonds is 10. The Hall–Kier alpha value is -2.32. The van der Waals surface area contributed by atoms with Gasteiger partial charge in [-0.15, -0.1) is 12.4 Å². The van der Waals surface area contributed by atoms with Crippen LogP contribution in [0.25, 0.3) is 0 Å². The Morgan fingerprint density at radius 2 is 1.86 bits per heavy atom. The maximum absolute atomic E-state index is 13.9. The van der Waals surface area contributed by atoms with Crippen LogP contribution >= 0.6 is 12.4 Å². The van der Waals surface area contributed by atoms with Gasteiger partial charge < -0.3 is 14.4 Å². The second kappa shape index (κ2) is 13.0. The second-order valence-corrected chi connectivity index (χ2v) is 10.0. The van der Waals surface area contributed by atoms with Gasteiger partial charge in [0.25, 0.3) is 0 Å². The zero-order chi connectivity index (χ0) is 26.5. The van der Waals surface area contributed by atoms with Gasteiger partial charge in [-0.05, 0) is 67.1 Å². The van der Waals surface area contributed by atoms with Crippen LogP contribution in [-0.2, 0) is 22.4 Å². The molecule has 2 aromatic carbocycles. The molecule has 0 heterocycles. The molecule has 0 fully saturated rings. The first-order valence-corrected chi connectivity index (χ1v) is 12.3.